The summed E-state index contributed by atoms with van der Waals surface area (Å²) in [6.45, 7) is 3.78. The molecular weight excluding hydrogens is 435 g/mol. The Bertz CT molecular complexity index is 1210. The topological polar surface area (TPSA) is 61.8 Å². The quantitative estimate of drug-likeness (QED) is 0.410. The first-order valence-corrected chi connectivity index (χ1v) is 11.5. The number of benzene rings is 3. The van der Waals surface area contributed by atoms with Gasteiger partial charge in [0.2, 0.25) is 0 Å². The zero-order valence-corrected chi connectivity index (χ0v) is 19.7. The van der Waals surface area contributed by atoms with Crippen molar-refractivity contribution in [2.24, 2.45) is 5.41 Å². The molecule has 6 heteroatoms. The van der Waals surface area contributed by atoms with Gasteiger partial charge in [-0.25, -0.2) is 9.18 Å². The third-order valence-corrected chi connectivity index (χ3v) is 6.75. The third kappa shape index (κ3) is 4.91. The lowest BCUT2D eigenvalue weighted by atomic mass is 9.74. The van der Waals surface area contributed by atoms with Crippen LogP contribution in [0.2, 0.25) is 0 Å². The highest BCUT2D eigenvalue weighted by atomic mass is 19.1. The van der Waals surface area contributed by atoms with Crippen LogP contribution in [0.15, 0.2) is 54.6 Å². The van der Waals surface area contributed by atoms with Gasteiger partial charge in [0.1, 0.15) is 6.61 Å². The molecule has 1 fully saturated rings. The van der Waals surface area contributed by atoms with Crippen LogP contribution in [0.5, 0.6) is 5.75 Å². The molecule has 0 atom stereocenters. The Hall–Kier alpha value is -3.41. The van der Waals surface area contributed by atoms with Gasteiger partial charge in [-0.2, -0.15) is 0 Å². The van der Waals surface area contributed by atoms with Gasteiger partial charge in [0.15, 0.2) is 11.6 Å². The zero-order valence-electron chi connectivity index (χ0n) is 19.7. The minimum atomic E-state index is -0.618. The van der Waals surface area contributed by atoms with Crippen LogP contribution in [-0.4, -0.2) is 25.2 Å². The number of methoxy groups -OCH3 is 1. The molecule has 5 nitrogen and oxygen atoms in total. The molecule has 3 aromatic rings. The van der Waals surface area contributed by atoms with E-state index >= 15 is 0 Å². The van der Waals surface area contributed by atoms with Gasteiger partial charge >= 0.3 is 11.9 Å². The maximum atomic E-state index is 14.5. The van der Waals surface area contributed by atoms with E-state index < -0.39 is 17.2 Å². The summed E-state index contributed by atoms with van der Waals surface area (Å²) in [5.41, 5.74) is 1.12. The maximum absolute atomic E-state index is 14.5. The first kappa shape index (κ1) is 23.7. The number of fused-ring (bicyclic) bond motifs is 1. The average molecular weight is 465 g/mol. The molecule has 0 heterocycles. The van der Waals surface area contributed by atoms with E-state index in [-0.39, 0.29) is 30.0 Å². The SMILES string of the molecule is COC(=O)c1cc(OC2CCC(C)(C(=O)OCc3cccc4ccccc34)CC2)c(F)cc1C. The van der Waals surface area contributed by atoms with Crippen LogP contribution in [0, 0.1) is 18.2 Å². The van der Waals surface area contributed by atoms with E-state index in [4.69, 9.17) is 14.2 Å². The normalized spacial score (nSPS) is 20.1. The molecule has 0 aliphatic heterocycles. The number of halogens is 1. The number of rotatable bonds is 6. The highest BCUT2D eigenvalue weighted by molar-refractivity contribution is 5.91. The summed E-state index contributed by atoms with van der Waals surface area (Å²) in [6, 6.07) is 16.7. The summed E-state index contributed by atoms with van der Waals surface area (Å²) in [7, 11) is 1.28. The van der Waals surface area contributed by atoms with Gasteiger partial charge in [-0.3, -0.25) is 4.79 Å². The van der Waals surface area contributed by atoms with E-state index in [0.29, 0.717) is 31.2 Å². The largest absolute Gasteiger partial charge is 0.487 e. The van der Waals surface area contributed by atoms with Crippen LogP contribution in [0.4, 0.5) is 4.39 Å². The molecule has 0 amide bonds. The van der Waals surface area contributed by atoms with Crippen LogP contribution in [-0.2, 0) is 20.9 Å². The predicted molar refractivity (Wildman–Crippen MR) is 127 cm³/mol. The predicted octanol–water partition coefficient (Wildman–Crippen LogP) is 6.15. The highest BCUT2D eigenvalue weighted by Gasteiger charge is 2.39. The third-order valence-electron chi connectivity index (χ3n) is 6.75. The Balaban J connectivity index is 1.37. The lowest BCUT2D eigenvalue weighted by Gasteiger charge is -2.35. The summed E-state index contributed by atoms with van der Waals surface area (Å²) in [6.07, 6.45) is 2.07. The van der Waals surface area contributed by atoms with Crippen molar-refractivity contribution < 1.29 is 28.2 Å². The molecule has 1 aliphatic rings. The van der Waals surface area contributed by atoms with Crippen LogP contribution in [0.3, 0.4) is 0 Å². The van der Waals surface area contributed by atoms with Crippen molar-refractivity contribution in [2.75, 3.05) is 7.11 Å². The summed E-state index contributed by atoms with van der Waals surface area (Å²) in [5, 5.41) is 2.19. The molecule has 0 radical (unpaired) electrons. The number of ether oxygens (including phenoxy) is 3. The monoisotopic (exact) mass is 464 g/mol. The molecule has 178 valence electrons. The number of aryl methyl sites for hydroxylation is 1. The van der Waals surface area contributed by atoms with Gasteiger partial charge in [0, 0.05) is 0 Å². The van der Waals surface area contributed by atoms with Gasteiger partial charge in [-0.05, 0) is 73.6 Å². The molecule has 0 aromatic heterocycles. The number of esters is 2. The Kier molecular flexibility index (Phi) is 6.87. The fourth-order valence-electron chi connectivity index (χ4n) is 4.54. The van der Waals surface area contributed by atoms with Crippen molar-refractivity contribution >= 4 is 22.7 Å². The fourth-order valence-corrected chi connectivity index (χ4v) is 4.54. The number of hydrogen-bond donors (Lipinski definition) is 0. The molecular formula is C28H29FO5. The molecule has 4 rings (SSSR count). The van der Waals surface area contributed by atoms with Gasteiger partial charge < -0.3 is 14.2 Å². The molecule has 0 saturated heterocycles. The molecule has 1 saturated carbocycles. The molecule has 0 bridgehead atoms. The van der Waals surface area contributed by atoms with Crippen molar-refractivity contribution in [1.82, 2.24) is 0 Å². The van der Waals surface area contributed by atoms with Gasteiger partial charge in [-0.1, -0.05) is 42.5 Å². The number of carbonyl (C=O) groups is 2. The lowest BCUT2D eigenvalue weighted by molar-refractivity contribution is -0.159. The van der Waals surface area contributed by atoms with Crippen LogP contribution < -0.4 is 4.74 Å². The van der Waals surface area contributed by atoms with Crippen molar-refractivity contribution in [3.8, 4) is 5.75 Å². The standard InChI is InChI=1S/C28H29FO5/c1-18-15-24(29)25(16-23(18)26(30)32-3)34-21-11-13-28(2,14-12-21)27(31)33-17-20-9-6-8-19-7-4-5-10-22(19)20/h4-10,15-16,21H,11-14,17H2,1-3H3. The Morgan fingerprint density at radius 2 is 1.76 bits per heavy atom. The summed E-state index contributed by atoms with van der Waals surface area (Å²) < 4.78 is 30.8. The van der Waals surface area contributed by atoms with Crippen molar-refractivity contribution in [1.29, 1.82) is 0 Å². The Morgan fingerprint density at radius 1 is 1.06 bits per heavy atom. The average Bonchev–Trinajstić information content (AvgIpc) is 2.85. The second-order valence-electron chi connectivity index (χ2n) is 9.18. The lowest BCUT2D eigenvalue weighted by Crippen LogP contribution is -2.37. The van der Waals surface area contributed by atoms with E-state index in [0.717, 1.165) is 16.3 Å². The molecule has 3 aromatic carbocycles. The number of hydrogen-bond acceptors (Lipinski definition) is 5. The summed E-state index contributed by atoms with van der Waals surface area (Å²) >= 11 is 0. The second kappa shape index (κ2) is 9.84. The molecule has 0 N–H and O–H groups in total. The number of carbonyl (C=O) groups excluding carboxylic acids is 2. The van der Waals surface area contributed by atoms with E-state index in [1.165, 1.54) is 19.2 Å². The molecule has 1 aliphatic carbocycles. The van der Waals surface area contributed by atoms with Crippen LogP contribution >= 0.6 is 0 Å². The van der Waals surface area contributed by atoms with Gasteiger partial charge in [0.25, 0.3) is 0 Å². The Labute approximate surface area is 198 Å². The summed E-state index contributed by atoms with van der Waals surface area (Å²) in [4.78, 5) is 24.9. The first-order chi connectivity index (χ1) is 16.3. The second-order valence-corrected chi connectivity index (χ2v) is 9.18. The van der Waals surface area contributed by atoms with Crippen LogP contribution in [0.1, 0.15) is 54.1 Å². The molecule has 0 spiro atoms. The Morgan fingerprint density at radius 3 is 2.50 bits per heavy atom. The van der Waals surface area contributed by atoms with Crippen molar-refractivity contribution in [3.63, 3.8) is 0 Å². The van der Waals surface area contributed by atoms with E-state index in [9.17, 15) is 14.0 Å². The van der Waals surface area contributed by atoms with Crippen LogP contribution in [0.25, 0.3) is 10.8 Å². The fraction of sp³-hybridized carbons (Fsp3) is 0.357. The molecule has 0 unspecified atom stereocenters. The maximum Gasteiger partial charge on any atom is 0.338 e. The van der Waals surface area contributed by atoms with E-state index in [1.807, 2.05) is 49.4 Å². The highest BCUT2D eigenvalue weighted by Crippen LogP contribution is 2.39. The minimum absolute atomic E-state index is 0.0261. The van der Waals surface area contributed by atoms with Crippen molar-refractivity contribution in [3.05, 3.63) is 77.1 Å². The van der Waals surface area contributed by atoms with E-state index in [1.54, 1.807) is 6.92 Å². The zero-order chi connectivity index (χ0) is 24.3. The smallest absolute Gasteiger partial charge is 0.338 e. The van der Waals surface area contributed by atoms with E-state index in [2.05, 4.69) is 0 Å². The van der Waals surface area contributed by atoms with Gasteiger partial charge in [-0.15, -0.1) is 0 Å². The first-order valence-electron chi connectivity index (χ1n) is 11.5. The molecule has 34 heavy (non-hydrogen) atoms. The van der Waals surface area contributed by atoms with Gasteiger partial charge in [0.05, 0.1) is 24.2 Å². The minimum Gasteiger partial charge on any atom is -0.487 e. The van der Waals surface area contributed by atoms with Crippen molar-refractivity contribution in [2.45, 2.75) is 52.2 Å². The summed E-state index contributed by atoms with van der Waals surface area (Å²) in [5.74, 6) is -1.26.